The van der Waals surface area contributed by atoms with Gasteiger partial charge in [0.1, 0.15) is 0 Å². The number of ether oxygens (including phenoxy) is 1. The highest BCUT2D eigenvalue weighted by Gasteiger charge is 2.09. The monoisotopic (exact) mass is 396 g/mol. The van der Waals surface area contributed by atoms with Gasteiger partial charge < -0.3 is 4.74 Å². The first-order chi connectivity index (χ1) is 13.6. The largest absolute Gasteiger partial charge is 0.465 e. The molecule has 0 aromatic rings. The Balaban J connectivity index is 3.29. The van der Waals surface area contributed by atoms with E-state index < -0.39 is 0 Å². The van der Waals surface area contributed by atoms with Gasteiger partial charge in [-0.05, 0) is 24.7 Å². The second-order valence-electron chi connectivity index (χ2n) is 9.27. The lowest BCUT2D eigenvalue weighted by Crippen LogP contribution is -2.13. The van der Waals surface area contributed by atoms with Crippen LogP contribution in [-0.4, -0.2) is 12.6 Å². The van der Waals surface area contributed by atoms with Crippen molar-refractivity contribution in [3.05, 3.63) is 0 Å². The summed E-state index contributed by atoms with van der Waals surface area (Å²) in [5.41, 5.74) is 0. The van der Waals surface area contributed by atoms with Gasteiger partial charge in [-0.15, -0.1) is 0 Å². The molecule has 0 rings (SSSR count). The highest BCUT2D eigenvalue weighted by atomic mass is 16.5. The Hall–Kier alpha value is -0.530. The maximum Gasteiger partial charge on any atom is 0.305 e. The van der Waals surface area contributed by atoms with Crippen LogP contribution in [0.4, 0.5) is 0 Å². The zero-order chi connectivity index (χ0) is 20.9. The third-order valence-corrected chi connectivity index (χ3v) is 5.94. The van der Waals surface area contributed by atoms with Crippen molar-refractivity contribution in [2.45, 2.75) is 143 Å². The Kier molecular flexibility index (Phi) is 20.8. The zero-order valence-electron chi connectivity index (χ0n) is 19.9. The van der Waals surface area contributed by atoms with E-state index in [0.717, 1.165) is 18.8 Å². The van der Waals surface area contributed by atoms with E-state index in [9.17, 15) is 4.79 Å². The van der Waals surface area contributed by atoms with Gasteiger partial charge >= 0.3 is 5.97 Å². The first-order valence-electron chi connectivity index (χ1n) is 12.8. The van der Waals surface area contributed by atoms with E-state index in [1.807, 2.05) is 0 Å². The molecule has 0 aromatic heterocycles. The topological polar surface area (TPSA) is 26.3 Å². The standard InChI is InChI=1S/C26H52O2/c1-5-7-21-25(6-2)23-28-26(27)22-19-17-15-13-11-9-8-10-12-14-16-18-20-24(3)4/h24-25H,5-23H2,1-4H3. The lowest BCUT2D eigenvalue weighted by molar-refractivity contribution is -0.145. The summed E-state index contributed by atoms with van der Waals surface area (Å²) in [5.74, 6) is 1.45. The van der Waals surface area contributed by atoms with Crippen molar-refractivity contribution in [2.24, 2.45) is 11.8 Å². The molecule has 0 heterocycles. The van der Waals surface area contributed by atoms with Gasteiger partial charge in [-0.3, -0.25) is 4.79 Å². The molecule has 0 bridgehead atoms. The Morgan fingerprint density at radius 3 is 1.64 bits per heavy atom. The number of carbonyl (C=O) groups is 1. The Morgan fingerprint density at radius 2 is 1.18 bits per heavy atom. The minimum atomic E-state index is 0.0170. The minimum Gasteiger partial charge on any atom is -0.465 e. The van der Waals surface area contributed by atoms with Crippen LogP contribution in [0.1, 0.15) is 143 Å². The third-order valence-electron chi connectivity index (χ3n) is 5.94. The first kappa shape index (κ1) is 27.5. The van der Waals surface area contributed by atoms with E-state index in [0.29, 0.717) is 18.9 Å². The summed E-state index contributed by atoms with van der Waals surface area (Å²) >= 11 is 0. The van der Waals surface area contributed by atoms with E-state index in [4.69, 9.17) is 4.74 Å². The molecule has 0 N–H and O–H groups in total. The SMILES string of the molecule is CCCCC(CC)COC(=O)CCCCCCCCCCCCCCC(C)C. The van der Waals surface area contributed by atoms with E-state index in [-0.39, 0.29) is 5.97 Å². The molecule has 2 heteroatoms. The summed E-state index contributed by atoms with van der Waals surface area (Å²) < 4.78 is 5.47. The molecule has 0 radical (unpaired) electrons. The molecule has 0 aliphatic heterocycles. The fourth-order valence-electron chi connectivity index (χ4n) is 3.77. The van der Waals surface area contributed by atoms with E-state index in [1.54, 1.807) is 0 Å². The molecule has 0 saturated heterocycles. The van der Waals surface area contributed by atoms with Crippen molar-refractivity contribution in [3.8, 4) is 0 Å². The van der Waals surface area contributed by atoms with Crippen LogP contribution in [0, 0.1) is 11.8 Å². The van der Waals surface area contributed by atoms with Crippen molar-refractivity contribution in [3.63, 3.8) is 0 Å². The van der Waals surface area contributed by atoms with Gasteiger partial charge in [0.15, 0.2) is 0 Å². The smallest absolute Gasteiger partial charge is 0.305 e. The molecular weight excluding hydrogens is 344 g/mol. The maximum absolute atomic E-state index is 11.8. The molecule has 1 atom stereocenters. The first-order valence-corrected chi connectivity index (χ1v) is 12.8. The molecule has 0 aliphatic carbocycles. The normalized spacial score (nSPS) is 12.5. The van der Waals surface area contributed by atoms with Crippen LogP contribution in [0.2, 0.25) is 0 Å². The van der Waals surface area contributed by atoms with Crippen LogP contribution in [0.15, 0.2) is 0 Å². The summed E-state index contributed by atoms with van der Waals surface area (Å²) in [4.78, 5) is 11.8. The average Bonchev–Trinajstić information content (AvgIpc) is 2.68. The molecule has 0 saturated carbocycles. The second kappa shape index (κ2) is 21.2. The summed E-state index contributed by atoms with van der Waals surface area (Å²) in [5, 5.41) is 0. The van der Waals surface area contributed by atoms with Crippen LogP contribution in [0.5, 0.6) is 0 Å². The lowest BCUT2D eigenvalue weighted by Gasteiger charge is -2.14. The van der Waals surface area contributed by atoms with Crippen LogP contribution < -0.4 is 0 Å². The van der Waals surface area contributed by atoms with Crippen molar-refractivity contribution in [1.29, 1.82) is 0 Å². The number of hydrogen-bond donors (Lipinski definition) is 0. The molecular formula is C26H52O2. The van der Waals surface area contributed by atoms with Crippen LogP contribution in [0.3, 0.4) is 0 Å². The summed E-state index contributed by atoms with van der Waals surface area (Å²) in [6.45, 7) is 9.69. The summed E-state index contributed by atoms with van der Waals surface area (Å²) in [6, 6.07) is 0. The van der Waals surface area contributed by atoms with Gasteiger partial charge in [0, 0.05) is 6.42 Å². The number of hydrogen-bond acceptors (Lipinski definition) is 2. The fraction of sp³-hybridized carbons (Fsp3) is 0.962. The summed E-state index contributed by atoms with van der Waals surface area (Å²) in [7, 11) is 0. The fourth-order valence-corrected chi connectivity index (χ4v) is 3.77. The second-order valence-corrected chi connectivity index (χ2v) is 9.27. The quantitative estimate of drug-likeness (QED) is 0.143. The molecule has 0 fully saturated rings. The van der Waals surface area contributed by atoms with Gasteiger partial charge in [-0.2, -0.15) is 0 Å². The predicted octanol–water partition coefficient (Wildman–Crippen LogP) is 8.86. The number of rotatable bonds is 21. The Labute approximate surface area is 177 Å². The average molecular weight is 397 g/mol. The lowest BCUT2D eigenvalue weighted by atomic mass is 10.0. The Bertz CT molecular complexity index is 324. The van der Waals surface area contributed by atoms with Gasteiger partial charge in [0.25, 0.3) is 0 Å². The summed E-state index contributed by atoms with van der Waals surface area (Å²) in [6.07, 6.45) is 22.9. The van der Waals surface area contributed by atoms with Gasteiger partial charge in [-0.25, -0.2) is 0 Å². The number of unbranched alkanes of at least 4 members (excludes halogenated alkanes) is 12. The molecule has 0 spiro atoms. The van der Waals surface area contributed by atoms with Gasteiger partial charge in [0.05, 0.1) is 6.61 Å². The van der Waals surface area contributed by atoms with Crippen LogP contribution in [0.25, 0.3) is 0 Å². The van der Waals surface area contributed by atoms with E-state index >= 15 is 0 Å². The van der Waals surface area contributed by atoms with E-state index in [1.165, 1.54) is 96.3 Å². The minimum absolute atomic E-state index is 0.0170. The van der Waals surface area contributed by atoms with E-state index in [2.05, 4.69) is 27.7 Å². The molecule has 168 valence electrons. The highest BCUT2D eigenvalue weighted by molar-refractivity contribution is 5.69. The van der Waals surface area contributed by atoms with Crippen molar-refractivity contribution in [1.82, 2.24) is 0 Å². The molecule has 2 nitrogen and oxygen atoms in total. The maximum atomic E-state index is 11.8. The molecule has 0 aromatic carbocycles. The predicted molar refractivity (Wildman–Crippen MR) is 124 cm³/mol. The van der Waals surface area contributed by atoms with Gasteiger partial charge in [0.2, 0.25) is 0 Å². The molecule has 1 unspecified atom stereocenters. The third kappa shape index (κ3) is 20.2. The van der Waals surface area contributed by atoms with Crippen molar-refractivity contribution >= 4 is 5.97 Å². The van der Waals surface area contributed by atoms with Crippen LogP contribution in [-0.2, 0) is 9.53 Å². The number of carbonyl (C=O) groups excluding carboxylic acids is 1. The molecule has 28 heavy (non-hydrogen) atoms. The molecule has 0 amide bonds. The molecule has 0 aliphatic rings. The zero-order valence-corrected chi connectivity index (χ0v) is 19.9. The van der Waals surface area contributed by atoms with Crippen molar-refractivity contribution in [2.75, 3.05) is 6.61 Å². The Morgan fingerprint density at radius 1 is 0.679 bits per heavy atom. The van der Waals surface area contributed by atoms with Crippen molar-refractivity contribution < 1.29 is 9.53 Å². The van der Waals surface area contributed by atoms with Crippen LogP contribution >= 0.6 is 0 Å². The van der Waals surface area contributed by atoms with Gasteiger partial charge in [-0.1, -0.05) is 124 Å². The number of esters is 1. The highest BCUT2D eigenvalue weighted by Crippen LogP contribution is 2.15.